The van der Waals surface area contributed by atoms with Gasteiger partial charge in [0, 0.05) is 0 Å². The van der Waals surface area contributed by atoms with Gasteiger partial charge in [0.05, 0.1) is 0 Å². The summed E-state index contributed by atoms with van der Waals surface area (Å²) in [5.41, 5.74) is 2.01. The molecule has 0 aliphatic heterocycles. The Morgan fingerprint density at radius 1 is 1.31 bits per heavy atom. The highest BCUT2D eigenvalue weighted by molar-refractivity contribution is 5.72. The van der Waals surface area contributed by atoms with E-state index < -0.39 is 0 Å². The van der Waals surface area contributed by atoms with Crippen LogP contribution in [0.2, 0.25) is 0 Å². The van der Waals surface area contributed by atoms with Crippen molar-refractivity contribution in [3.8, 4) is 0 Å². The van der Waals surface area contributed by atoms with Gasteiger partial charge in [0.1, 0.15) is 6.29 Å². The molecule has 0 amide bonds. The maximum Gasteiger partial charge on any atom is 0.145 e. The van der Waals surface area contributed by atoms with Crippen LogP contribution in [0.5, 0.6) is 0 Å². The molecule has 3 aliphatic rings. The smallest absolute Gasteiger partial charge is 0.145 e. The van der Waals surface area contributed by atoms with Gasteiger partial charge in [-0.2, -0.15) is 0 Å². The van der Waals surface area contributed by atoms with Crippen molar-refractivity contribution in [1.29, 1.82) is 0 Å². The van der Waals surface area contributed by atoms with Gasteiger partial charge in [-0.1, -0.05) is 19.9 Å². The standard InChI is InChI=1S/C12H18O/c1-9(2)12-6-11(7-12,8-12)4-10(3)5-13/h4-5,9H,6-8H2,1-3H3/b10-4+. The van der Waals surface area contributed by atoms with E-state index in [-0.39, 0.29) is 0 Å². The van der Waals surface area contributed by atoms with Gasteiger partial charge in [0.25, 0.3) is 0 Å². The molecule has 1 nitrogen and oxygen atoms in total. The van der Waals surface area contributed by atoms with Crippen molar-refractivity contribution in [2.24, 2.45) is 16.7 Å². The van der Waals surface area contributed by atoms with E-state index in [1.807, 2.05) is 6.92 Å². The second kappa shape index (κ2) is 2.46. The van der Waals surface area contributed by atoms with E-state index in [1.54, 1.807) is 0 Å². The molecule has 0 saturated heterocycles. The fourth-order valence-electron chi connectivity index (χ4n) is 3.23. The summed E-state index contributed by atoms with van der Waals surface area (Å²) < 4.78 is 0. The number of hydrogen-bond donors (Lipinski definition) is 0. The Kier molecular flexibility index (Phi) is 1.70. The summed E-state index contributed by atoms with van der Waals surface area (Å²) in [5.74, 6) is 0.819. The van der Waals surface area contributed by atoms with Crippen molar-refractivity contribution in [1.82, 2.24) is 0 Å². The number of aldehydes is 1. The molecule has 0 atom stereocenters. The molecule has 3 saturated carbocycles. The molecule has 2 bridgehead atoms. The van der Waals surface area contributed by atoms with Gasteiger partial charge in [-0.3, -0.25) is 4.79 Å². The van der Waals surface area contributed by atoms with Gasteiger partial charge in [0.2, 0.25) is 0 Å². The van der Waals surface area contributed by atoms with Gasteiger partial charge in [-0.05, 0) is 48.5 Å². The topological polar surface area (TPSA) is 17.1 Å². The van der Waals surface area contributed by atoms with Gasteiger partial charge >= 0.3 is 0 Å². The minimum absolute atomic E-state index is 0.440. The first-order valence-corrected chi connectivity index (χ1v) is 5.17. The largest absolute Gasteiger partial charge is 0.298 e. The quantitative estimate of drug-likeness (QED) is 0.479. The molecule has 3 fully saturated rings. The van der Waals surface area contributed by atoms with E-state index in [2.05, 4.69) is 19.9 Å². The highest BCUT2D eigenvalue weighted by atomic mass is 16.1. The average molecular weight is 178 g/mol. The minimum Gasteiger partial charge on any atom is -0.298 e. The Labute approximate surface area is 80.2 Å². The van der Waals surface area contributed by atoms with Gasteiger partial charge in [0.15, 0.2) is 0 Å². The van der Waals surface area contributed by atoms with Crippen molar-refractivity contribution >= 4 is 6.29 Å². The summed E-state index contributed by atoms with van der Waals surface area (Å²) in [6, 6.07) is 0. The molecule has 0 aromatic carbocycles. The molecule has 0 aromatic heterocycles. The first kappa shape index (κ1) is 8.98. The third-order valence-corrected chi connectivity index (χ3v) is 4.06. The van der Waals surface area contributed by atoms with E-state index in [0.717, 1.165) is 17.8 Å². The fourth-order valence-corrected chi connectivity index (χ4v) is 3.23. The zero-order valence-electron chi connectivity index (χ0n) is 8.76. The lowest BCUT2D eigenvalue weighted by Crippen LogP contribution is -2.63. The monoisotopic (exact) mass is 178 g/mol. The molecule has 1 heteroatoms. The van der Waals surface area contributed by atoms with E-state index in [0.29, 0.717) is 10.8 Å². The molecule has 0 spiro atoms. The molecular formula is C12H18O. The van der Waals surface area contributed by atoms with Crippen molar-refractivity contribution in [3.63, 3.8) is 0 Å². The van der Waals surface area contributed by atoms with Crippen LogP contribution >= 0.6 is 0 Å². The van der Waals surface area contributed by atoms with Crippen LogP contribution in [0.4, 0.5) is 0 Å². The van der Waals surface area contributed by atoms with Crippen molar-refractivity contribution < 1.29 is 4.79 Å². The molecular weight excluding hydrogens is 160 g/mol. The van der Waals surface area contributed by atoms with Gasteiger partial charge in [-0.25, -0.2) is 0 Å². The Hall–Kier alpha value is -0.590. The lowest BCUT2D eigenvalue weighted by molar-refractivity contribution is -0.198. The fraction of sp³-hybridized carbons (Fsp3) is 0.750. The maximum absolute atomic E-state index is 10.5. The third-order valence-electron chi connectivity index (χ3n) is 4.06. The van der Waals surface area contributed by atoms with Crippen LogP contribution in [0.15, 0.2) is 11.6 Å². The lowest BCUT2D eigenvalue weighted by atomic mass is 9.32. The molecule has 72 valence electrons. The molecule has 0 unspecified atom stereocenters. The second-order valence-electron chi connectivity index (χ2n) is 5.42. The van der Waals surface area contributed by atoms with E-state index in [4.69, 9.17) is 0 Å². The predicted octanol–water partition coefficient (Wildman–Crippen LogP) is 2.96. The van der Waals surface area contributed by atoms with E-state index >= 15 is 0 Å². The third kappa shape index (κ3) is 1.09. The zero-order valence-corrected chi connectivity index (χ0v) is 8.76. The highest BCUT2D eigenvalue weighted by Crippen LogP contribution is 2.76. The highest BCUT2D eigenvalue weighted by Gasteiger charge is 2.67. The van der Waals surface area contributed by atoms with Crippen LogP contribution < -0.4 is 0 Å². The summed E-state index contributed by atoms with van der Waals surface area (Å²) >= 11 is 0. The summed E-state index contributed by atoms with van der Waals surface area (Å²) in [4.78, 5) is 10.5. The first-order chi connectivity index (χ1) is 6.02. The van der Waals surface area contributed by atoms with Crippen molar-refractivity contribution in [3.05, 3.63) is 11.6 Å². The normalized spacial score (nSPS) is 42.6. The molecule has 0 radical (unpaired) electrons. The summed E-state index contributed by atoms with van der Waals surface area (Å²) in [6.45, 7) is 6.55. The Morgan fingerprint density at radius 3 is 2.23 bits per heavy atom. The molecule has 13 heavy (non-hydrogen) atoms. The van der Waals surface area contributed by atoms with Crippen LogP contribution in [0.25, 0.3) is 0 Å². The zero-order chi connectivity index (χ0) is 9.69. The molecule has 3 rings (SSSR count). The molecule has 0 N–H and O–H groups in total. The maximum atomic E-state index is 10.5. The summed E-state index contributed by atoms with van der Waals surface area (Å²) in [7, 11) is 0. The van der Waals surface area contributed by atoms with Crippen molar-refractivity contribution in [2.45, 2.75) is 40.0 Å². The van der Waals surface area contributed by atoms with E-state index in [1.165, 1.54) is 19.3 Å². The van der Waals surface area contributed by atoms with Crippen LogP contribution in [0, 0.1) is 16.7 Å². The van der Waals surface area contributed by atoms with Gasteiger partial charge in [-0.15, -0.1) is 0 Å². The van der Waals surface area contributed by atoms with Crippen LogP contribution in [0.3, 0.4) is 0 Å². The Morgan fingerprint density at radius 2 is 1.85 bits per heavy atom. The number of rotatable bonds is 3. The van der Waals surface area contributed by atoms with Crippen LogP contribution in [-0.4, -0.2) is 6.29 Å². The molecule has 0 heterocycles. The first-order valence-electron chi connectivity index (χ1n) is 5.17. The molecule has 3 aliphatic carbocycles. The summed E-state index contributed by atoms with van der Waals surface area (Å²) in [6.07, 6.45) is 7.14. The van der Waals surface area contributed by atoms with Crippen LogP contribution in [-0.2, 0) is 4.79 Å². The second-order valence-corrected chi connectivity index (χ2v) is 5.42. The number of carbonyl (C=O) groups excluding carboxylic acids is 1. The van der Waals surface area contributed by atoms with Crippen molar-refractivity contribution in [2.75, 3.05) is 0 Å². The average Bonchev–Trinajstić information content (AvgIpc) is 1.92. The number of hydrogen-bond acceptors (Lipinski definition) is 1. The number of carbonyl (C=O) groups is 1. The summed E-state index contributed by atoms with van der Waals surface area (Å²) in [5, 5.41) is 0. The van der Waals surface area contributed by atoms with E-state index in [9.17, 15) is 4.79 Å². The SMILES string of the molecule is C/C(C=O)=C\C12CC(C(C)C)(C1)C2. The van der Waals surface area contributed by atoms with Gasteiger partial charge < -0.3 is 0 Å². The Balaban J connectivity index is 2.00. The van der Waals surface area contributed by atoms with Crippen LogP contribution in [0.1, 0.15) is 40.0 Å². The predicted molar refractivity (Wildman–Crippen MR) is 53.4 cm³/mol. The Bertz CT molecular complexity index is 253. The lowest BCUT2D eigenvalue weighted by Gasteiger charge is -2.72. The number of allylic oxidation sites excluding steroid dienone is 2. The minimum atomic E-state index is 0.440. The molecule has 0 aromatic rings.